The lowest BCUT2D eigenvalue weighted by Crippen LogP contribution is -2.43. The van der Waals surface area contributed by atoms with E-state index in [1.54, 1.807) is 0 Å². The molecule has 1 radical (unpaired) electrons. The van der Waals surface area contributed by atoms with Crippen LogP contribution in [0.15, 0.2) is 60.9 Å². The molecular weight excluding hydrogens is 460 g/mol. The molecule has 0 bridgehead atoms. The molecule has 193 valence electrons. The molecule has 2 aliphatic heterocycles. The van der Waals surface area contributed by atoms with Gasteiger partial charge in [-0.1, -0.05) is 42.2 Å². The molecule has 1 aromatic heterocycles. The third-order valence-electron chi connectivity index (χ3n) is 7.09. The first-order chi connectivity index (χ1) is 18.1. The number of ether oxygens (including phenoxy) is 2. The number of aromatic nitrogens is 2. The van der Waals surface area contributed by atoms with Crippen LogP contribution in [0.1, 0.15) is 60.4 Å². The topological polar surface area (TPSA) is 42.8 Å². The second-order valence-corrected chi connectivity index (χ2v) is 10.0. The number of piperazine rings is 1. The minimum absolute atomic E-state index is 0.153. The van der Waals surface area contributed by atoms with Gasteiger partial charge in [0.2, 0.25) is 0 Å². The van der Waals surface area contributed by atoms with E-state index in [1.807, 2.05) is 36.0 Å². The summed E-state index contributed by atoms with van der Waals surface area (Å²) in [7, 11) is 2.19. The van der Waals surface area contributed by atoms with Crippen LogP contribution in [0.5, 0.6) is 0 Å². The smallest absolute Gasteiger partial charge is 0.158 e. The van der Waals surface area contributed by atoms with Gasteiger partial charge in [-0.25, -0.2) is 4.98 Å². The van der Waals surface area contributed by atoms with Crippen LogP contribution in [0.4, 0.5) is 0 Å². The van der Waals surface area contributed by atoms with Crippen molar-refractivity contribution in [2.45, 2.75) is 45.1 Å². The van der Waals surface area contributed by atoms with E-state index >= 15 is 0 Å². The average molecular weight is 498 g/mol. The normalized spacial score (nSPS) is 19.8. The van der Waals surface area contributed by atoms with E-state index in [2.05, 4.69) is 76.6 Å². The van der Waals surface area contributed by atoms with Crippen molar-refractivity contribution >= 4 is 0 Å². The van der Waals surface area contributed by atoms with Gasteiger partial charge in [0.1, 0.15) is 11.9 Å². The second kappa shape index (κ2) is 12.5. The number of likely N-dealkylation sites (N-methyl/N-ethyl adjacent to an activating group) is 1. The zero-order valence-electron chi connectivity index (χ0n) is 22.0. The lowest BCUT2D eigenvalue weighted by Gasteiger charge is -2.32. The summed E-state index contributed by atoms with van der Waals surface area (Å²) in [6.45, 7) is 10.4. The highest BCUT2D eigenvalue weighted by atomic mass is 16.7. The third-order valence-corrected chi connectivity index (χ3v) is 7.09. The van der Waals surface area contributed by atoms with E-state index in [0.29, 0.717) is 0 Å². The van der Waals surface area contributed by atoms with Crippen molar-refractivity contribution in [1.82, 2.24) is 19.4 Å². The highest BCUT2D eigenvalue weighted by molar-refractivity contribution is 5.49. The SMILES string of the molecule is C[C@H](OC1CCCCO1)c1nccn1[CH]c1ccccc1C#Cc1ccc(CN2CCN(C)CC2)cc1. The Kier molecular flexibility index (Phi) is 8.70. The van der Waals surface area contributed by atoms with Crippen LogP contribution < -0.4 is 0 Å². The van der Waals surface area contributed by atoms with E-state index in [4.69, 9.17) is 9.47 Å². The summed E-state index contributed by atoms with van der Waals surface area (Å²) in [5, 5.41) is 0. The molecule has 0 saturated carbocycles. The molecule has 2 aromatic carbocycles. The summed E-state index contributed by atoms with van der Waals surface area (Å²) in [6, 6.07) is 16.9. The van der Waals surface area contributed by atoms with Crippen LogP contribution >= 0.6 is 0 Å². The predicted molar refractivity (Wildman–Crippen MR) is 146 cm³/mol. The van der Waals surface area contributed by atoms with E-state index in [1.165, 1.54) is 5.56 Å². The van der Waals surface area contributed by atoms with Gasteiger partial charge < -0.3 is 18.9 Å². The molecule has 2 aliphatic rings. The quantitative estimate of drug-likeness (QED) is 0.443. The van der Waals surface area contributed by atoms with Crippen molar-refractivity contribution in [2.75, 3.05) is 39.8 Å². The first kappa shape index (κ1) is 25.7. The molecule has 6 heteroatoms. The van der Waals surface area contributed by atoms with Crippen LogP contribution in [-0.4, -0.2) is 65.5 Å². The van der Waals surface area contributed by atoms with Gasteiger partial charge in [-0.05, 0) is 62.6 Å². The van der Waals surface area contributed by atoms with E-state index in [9.17, 15) is 0 Å². The summed E-state index contributed by atoms with van der Waals surface area (Å²) in [5.41, 5.74) is 4.39. The van der Waals surface area contributed by atoms with Crippen LogP contribution in [0.3, 0.4) is 0 Å². The fraction of sp³-hybridized carbons (Fsp3) is 0.419. The summed E-state index contributed by atoms with van der Waals surface area (Å²) in [6.07, 6.45) is 6.63. The summed E-state index contributed by atoms with van der Waals surface area (Å²) < 4.78 is 13.9. The number of hydrogen-bond donors (Lipinski definition) is 0. The first-order valence-electron chi connectivity index (χ1n) is 13.4. The van der Waals surface area contributed by atoms with Crippen LogP contribution in [-0.2, 0) is 16.0 Å². The number of hydrogen-bond acceptors (Lipinski definition) is 5. The molecule has 5 rings (SSSR count). The van der Waals surface area contributed by atoms with E-state index < -0.39 is 0 Å². The molecule has 0 spiro atoms. The second-order valence-electron chi connectivity index (χ2n) is 10.0. The number of imidazole rings is 1. The van der Waals surface area contributed by atoms with Gasteiger partial charge in [0.05, 0.1) is 6.54 Å². The largest absolute Gasteiger partial charge is 0.353 e. The lowest BCUT2D eigenvalue weighted by molar-refractivity contribution is -0.187. The fourth-order valence-electron chi connectivity index (χ4n) is 4.83. The number of rotatable bonds is 7. The Morgan fingerprint density at radius 3 is 2.65 bits per heavy atom. The van der Waals surface area contributed by atoms with Crippen LogP contribution in [0.2, 0.25) is 0 Å². The first-order valence-corrected chi connectivity index (χ1v) is 13.4. The lowest BCUT2D eigenvalue weighted by atomic mass is 10.1. The standard InChI is InChI=1S/C31H37N4O2/c1-25(37-30-9-5-6-22-36-30)31-32-16-17-35(31)24-29-8-4-3-7-28(29)15-14-26-10-12-27(13-11-26)23-34-20-18-33(2)19-21-34/h3-4,7-8,10-13,16-17,24-25,30H,5-6,9,18-23H2,1-2H3/t25-,30?/m0/s1. The molecule has 3 heterocycles. The minimum Gasteiger partial charge on any atom is -0.353 e. The van der Waals surface area contributed by atoms with Crippen molar-refractivity contribution in [2.24, 2.45) is 0 Å². The molecule has 0 aliphatic carbocycles. The van der Waals surface area contributed by atoms with Gasteiger partial charge in [0.15, 0.2) is 6.29 Å². The Morgan fingerprint density at radius 1 is 1.05 bits per heavy atom. The van der Waals surface area contributed by atoms with E-state index in [-0.39, 0.29) is 12.4 Å². The van der Waals surface area contributed by atoms with Crippen molar-refractivity contribution in [3.63, 3.8) is 0 Å². The molecule has 2 fully saturated rings. The van der Waals surface area contributed by atoms with E-state index in [0.717, 1.165) is 81.1 Å². The van der Waals surface area contributed by atoms with Gasteiger partial charge in [-0.2, -0.15) is 0 Å². The zero-order valence-corrected chi connectivity index (χ0v) is 22.0. The maximum absolute atomic E-state index is 6.15. The Labute approximate surface area is 221 Å². The van der Waals surface area contributed by atoms with Gasteiger partial charge in [0.25, 0.3) is 0 Å². The van der Waals surface area contributed by atoms with Crippen molar-refractivity contribution in [3.05, 3.63) is 95.5 Å². The summed E-state index contributed by atoms with van der Waals surface area (Å²) in [5.74, 6) is 7.59. The van der Waals surface area contributed by atoms with Crippen LogP contribution in [0, 0.1) is 18.4 Å². The van der Waals surface area contributed by atoms with Crippen molar-refractivity contribution in [3.8, 4) is 11.8 Å². The third kappa shape index (κ3) is 7.09. The highest BCUT2D eigenvalue weighted by Gasteiger charge is 2.21. The highest BCUT2D eigenvalue weighted by Crippen LogP contribution is 2.24. The Hall–Kier alpha value is -2.95. The average Bonchev–Trinajstić information content (AvgIpc) is 3.39. The van der Waals surface area contributed by atoms with Gasteiger partial charge in [-0.3, -0.25) is 4.90 Å². The molecule has 3 aromatic rings. The number of nitrogens with zero attached hydrogens (tertiary/aromatic N) is 4. The van der Waals surface area contributed by atoms with Crippen molar-refractivity contribution in [1.29, 1.82) is 0 Å². The van der Waals surface area contributed by atoms with Crippen molar-refractivity contribution < 1.29 is 9.47 Å². The molecule has 2 saturated heterocycles. The fourth-order valence-corrected chi connectivity index (χ4v) is 4.83. The monoisotopic (exact) mass is 497 g/mol. The molecule has 1 unspecified atom stereocenters. The maximum Gasteiger partial charge on any atom is 0.158 e. The Balaban J connectivity index is 1.23. The molecule has 37 heavy (non-hydrogen) atoms. The Bertz CT molecular complexity index is 1200. The van der Waals surface area contributed by atoms with Gasteiger partial charge in [-0.15, -0.1) is 0 Å². The zero-order chi connectivity index (χ0) is 25.5. The molecular formula is C31H37N4O2. The number of benzene rings is 2. The van der Waals surface area contributed by atoms with Gasteiger partial charge in [0, 0.05) is 62.9 Å². The minimum atomic E-state index is -0.169. The molecule has 0 N–H and O–H groups in total. The van der Waals surface area contributed by atoms with Crippen LogP contribution in [0.25, 0.3) is 0 Å². The molecule has 6 nitrogen and oxygen atoms in total. The maximum atomic E-state index is 6.15. The molecule has 2 atom stereocenters. The summed E-state index contributed by atoms with van der Waals surface area (Å²) >= 11 is 0. The molecule has 0 amide bonds. The van der Waals surface area contributed by atoms with Gasteiger partial charge >= 0.3 is 0 Å². The predicted octanol–water partition coefficient (Wildman–Crippen LogP) is 4.69. The Morgan fingerprint density at radius 2 is 1.86 bits per heavy atom. The summed E-state index contributed by atoms with van der Waals surface area (Å²) in [4.78, 5) is 9.47.